The molecule has 1 nitrogen and oxygen atoms in total. The van der Waals surface area contributed by atoms with E-state index < -0.39 is 0 Å². The fourth-order valence-electron chi connectivity index (χ4n) is 1.77. The summed E-state index contributed by atoms with van der Waals surface area (Å²) in [6.45, 7) is 6.22. The molecule has 1 aromatic heterocycles. The Balaban J connectivity index is 1.75. The van der Waals surface area contributed by atoms with Gasteiger partial charge >= 0.3 is 0 Å². The van der Waals surface area contributed by atoms with Crippen molar-refractivity contribution in [2.24, 2.45) is 0 Å². The first-order chi connectivity index (χ1) is 8.75. The molecule has 0 saturated heterocycles. The van der Waals surface area contributed by atoms with Crippen LogP contribution in [0.4, 0.5) is 0 Å². The first-order valence-corrected chi connectivity index (χ1v) is 7.05. The molecule has 0 fully saturated rings. The Morgan fingerprint density at radius 3 is 2.61 bits per heavy atom. The summed E-state index contributed by atoms with van der Waals surface area (Å²) in [5, 5.41) is 3.44. The van der Waals surface area contributed by atoms with Crippen LogP contribution in [0.2, 0.25) is 0 Å². The molecule has 0 saturated carbocycles. The van der Waals surface area contributed by atoms with Crippen molar-refractivity contribution in [2.45, 2.75) is 20.4 Å². The SMILES string of the molecule is Cc1cc(CNCC=Cc2ccccc2)sc1C. The van der Waals surface area contributed by atoms with Gasteiger partial charge in [0.1, 0.15) is 0 Å². The molecule has 0 aliphatic rings. The minimum atomic E-state index is 0.908. The van der Waals surface area contributed by atoms with Crippen LogP contribution in [0.5, 0.6) is 0 Å². The highest BCUT2D eigenvalue weighted by atomic mass is 32.1. The highest BCUT2D eigenvalue weighted by Crippen LogP contribution is 2.20. The van der Waals surface area contributed by atoms with Gasteiger partial charge in [0, 0.05) is 22.8 Å². The normalized spacial score (nSPS) is 11.2. The van der Waals surface area contributed by atoms with E-state index in [2.05, 4.69) is 61.6 Å². The molecule has 2 aromatic rings. The van der Waals surface area contributed by atoms with Crippen molar-refractivity contribution in [3.63, 3.8) is 0 Å². The zero-order chi connectivity index (χ0) is 12.8. The fourth-order valence-corrected chi connectivity index (χ4v) is 2.80. The third-order valence-corrected chi connectivity index (χ3v) is 4.04. The molecular weight excluding hydrogens is 238 g/mol. The van der Waals surface area contributed by atoms with Gasteiger partial charge in [-0.05, 0) is 31.0 Å². The minimum absolute atomic E-state index is 0.908. The summed E-state index contributed by atoms with van der Waals surface area (Å²) in [7, 11) is 0. The van der Waals surface area contributed by atoms with Gasteiger partial charge in [-0.3, -0.25) is 0 Å². The van der Waals surface area contributed by atoms with Gasteiger partial charge in [-0.2, -0.15) is 0 Å². The van der Waals surface area contributed by atoms with Gasteiger partial charge in [-0.1, -0.05) is 42.5 Å². The molecule has 2 rings (SSSR count). The van der Waals surface area contributed by atoms with Gasteiger partial charge < -0.3 is 5.32 Å². The van der Waals surface area contributed by atoms with Crippen molar-refractivity contribution in [1.82, 2.24) is 5.32 Å². The molecule has 0 aliphatic carbocycles. The number of nitrogens with one attached hydrogen (secondary N) is 1. The fraction of sp³-hybridized carbons (Fsp3) is 0.250. The van der Waals surface area contributed by atoms with E-state index in [4.69, 9.17) is 0 Å². The molecule has 0 radical (unpaired) electrons. The number of aryl methyl sites for hydroxylation is 2. The molecule has 0 amide bonds. The van der Waals surface area contributed by atoms with E-state index in [0.29, 0.717) is 0 Å². The van der Waals surface area contributed by atoms with E-state index in [9.17, 15) is 0 Å². The second kappa shape index (κ2) is 6.53. The highest BCUT2D eigenvalue weighted by molar-refractivity contribution is 7.12. The summed E-state index contributed by atoms with van der Waals surface area (Å²) in [6.07, 6.45) is 4.32. The van der Waals surface area contributed by atoms with Crippen molar-refractivity contribution in [1.29, 1.82) is 0 Å². The lowest BCUT2D eigenvalue weighted by molar-refractivity contribution is 0.771. The zero-order valence-electron chi connectivity index (χ0n) is 10.9. The molecule has 1 aromatic carbocycles. The Morgan fingerprint density at radius 2 is 1.94 bits per heavy atom. The molecule has 0 unspecified atom stereocenters. The minimum Gasteiger partial charge on any atom is -0.308 e. The number of hydrogen-bond donors (Lipinski definition) is 1. The van der Waals surface area contributed by atoms with Crippen molar-refractivity contribution in [3.8, 4) is 0 Å². The standard InChI is InChI=1S/C16H19NS/c1-13-11-16(18-14(13)2)12-17-10-6-9-15-7-4-3-5-8-15/h3-9,11,17H,10,12H2,1-2H3. The maximum atomic E-state index is 3.44. The van der Waals surface area contributed by atoms with Crippen LogP contribution in [0.25, 0.3) is 6.08 Å². The number of hydrogen-bond acceptors (Lipinski definition) is 2. The third-order valence-electron chi connectivity index (χ3n) is 2.89. The van der Waals surface area contributed by atoms with Crippen molar-refractivity contribution in [2.75, 3.05) is 6.54 Å². The first kappa shape index (κ1) is 13.1. The van der Waals surface area contributed by atoms with E-state index in [1.165, 1.54) is 20.9 Å². The van der Waals surface area contributed by atoms with E-state index in [1.807, 2.05) is 17.4 Å². The quantitative estimate of drug-likeness (QED) is 0.793. The Labute approximate surface area is 113 Å². The summed E-state index contributed by atoms with van der Waals surface area (Å²) in [6, 6.07) is 12.7. The summed E-state index contributed by atoms with van der Waals surface area (Å²) in [4.78, 5) is 2.84. The molecular formula is C16H19NS. The van der Waals surface area contributed by atoms with Crippen molar-refractivity contribution >= 4 is 17.4 Å². The van der Waals surface area contributed by atoms with Crippen LogP contribution in [0.1, 0.15) is 20.9 Å². The number of benzene rings is 1. The Hall–Kier alpha value is -1.38. The predicted octanol–water partition coefficient (Wildman–Crippen LogP) is 4.17. The predicted molar refractivity (Wildman–Crippen MR) is 81.0 cm³/mol. The van der Waals surface area contributed by atoms with Crippen molar-refractivity contribution in [3.05, 3.63) is 63.4 Å². The van der Waals surface area contributed by atoms with Gasteiger partial charge in [0.25, 0.3) is 0 Å². The largest absolute Gasteiger partial charge is 0.308 e. The molecule has 18 heavy (non-hydrogen) atoms. The summed E-state index contributed by atoms with van der Waals surface area (Å²) < 4.78 is 0. The summed E-state index contributed by atoms with van der Waals surface area (Å²) in [5.41, 5.74) is 2.65. The second-order valence-electron chi connectivity index (χ2n) is 4.40. The van der Waals surface area contributed by atoms with Gasteiger partial charge in [-0.25, -0.2) is 0 Å². The molecule has 0 aliphatic heterocycles. The lowest BCUT2D eigenvalue weighted by atomic mass is 10.2. The van der Waals surface area contributed by atoms with Gasteiger partial charge in [-0.15, -0.1) is 11.3 Å². The van der Waals surface area contributed by atoms with Crippen LogP contribution < -0.4 is 5.32 Å². The topological polar surface area (TPSA) is 12.0 Å². The average Bonchev–Trinajstić information content (AvgIpc) is 2.70. The van der Waals surface area contributed by atoms with Gasteiger partial charge in [0.2, 0.25) is 0 Å². The number of rotatable bonds is 5. The highest BCUT2D eigenvalue weighted by Gasteiger charge is 1.99. The van der Waals surface area contributed by atoms with Crippen LogP contribution >= 0.6 is 11.3 Å². The third kappa shape index (κ3) is 3.83. The molecule has 1 heterocycles. The van der Waals surface area contributed by atoms with E-state index in [0.717, 1.165) is 13.1 Å². The lowest BCUT2D eigenvalue weighted by Crippen LogP contribution is -2.11. The first-order valence-electron chi connectivity index (χ1n) is 6.24. The van der Waals surface area contributed by atoms with Gasteiger partial charge in [0.05, 0.1) is 0 Å². The van der Waals surface area contributed by atoms with Crippen LogP contribution in [-0.2, 0) is 6.54 Å². The maximum Gasteiger partial charge on any atom is 0.0302 e. The monoisotopic (exact) mass is 257 g/mol. The van der Waals surface area contributed by atoms with Crippen LogP contribution in [0.15, 0.2) is 42.5 Å². The van der Waals surface area contributed by atoms with Gasteiger partial charge in [0.15, 0.2) is 0 Å². The maximum absolute atomic E-state index is 3.44. The van der Waals surface area contributed by atoms with Crippen molar-refractivity contribution < 1.29 is 0 Å². The lowest BCUT2D eigenvalue weighted by Gasteiger charge is -1.98. The Bertz CT molecular complexity index is 492. The molecule has 94 valence electrons. The average molecular weight is 257 g/mol. The summed E-state index contributed by atoms with van der Waals surface area (Å²) >= 11 is 1.88. The van der Waals surface area contributed by atoms with E-state index in [1.54, 1.807) is 0 Å². The zero-order valence-corrected chi connectivity index (χ0v) is 11.8. The summed E-state index contributed by atoms with van der Waals surface area (Å²) in [5.74, 6) is 0. The Kier molecular flexibility index (Phi) is 4.73. The molecule has 0 spiro atoms. The molecule has 0 atom stereocenters. The molecule has 1 N–H and O–H groups in total. The molecule has 0 bridgehead atoms. The number of thiophene rings is 1. The smallest absolute Gasteiger partial charge is 0.0302 e. The Morgan fingerprint density at radius 1 is 1.17 bits per heavy atom. The van der Waals surface area contributed by atoms with Crippen LogP contribution in [0.3, 0.4) is 0 Å². The van der Waals surface area contributed by atoms with Crippen LogP contribution in [0, 0.1) is 13.8 Å². The molecule has 2 heteroatoms. The second-order valence-corrected chi connectivity index (χ2v) is 5.74. The van der Waals surface area contributed by atoms with E-state index >= 15 is 0 Å². The van der Waals surface area contributed by atoms with Crippen LogP contribution in [-0.4, -0.2) is 6.54 Å². The van der Waals surface area contributed by atoms with E-state index in [-0.39, 0.29) is 0 Å².